The Morgan fingerprint density at radius 3 is 2.61 bits per heavy atom. The second-order valence-corrected chi connectivity index (χ2v) is 7.04. The molecule has 4 aromatic rings. The number of halogens is 2. The minimum atomic E-state index is 0.573. The molecule has 1 nitrogen and oxygen atoms in total. The van der Waals surface area contributed by atoms with Crippen LogP contribution < -0.4 is 0 Å². The molecule has 0 saturated heterocycles. The average molecular weight is 310 g/mol. The first-order chi connectivity index (χ1) is 8.74. The van der Waals surface area contributed by atoms with Gasteiger partial charge in [-0.15, -0.1) is 22.7 Å². The van der Waals surface area contributed by atoms with E-state index in [-0.39, 0.29) is 0 Å². The number of hydrogen-bond acceptors (Lipinski definition) is 3. The number of rotatable bonds is 0. The van der Waals surface area contributed by atoms with Crippen molar-refractivity contribution in [2.75, 3.05) is 0 Å². The molecule has 0 aliphatic heterocycles. The molecule has 0 bridgehead atoms. The van der Waals surface area contributed by atoms with Crippen LogP contribution in [0.15, 0.2) is 30.3 Å². The summed E-state index contributed by atoms with van der Waals surface area (Å²) in [5.74, 6) is 0. The molecule has 0 spiro atoms. The van der Waals surface area contributed by atoms with Gasteiger partial charge in [-0.25, -0.2) is 4.98 Å². The highest BCUT2D eigenvalue weighted by atomic mass is 35.5. The lowest BCUT2D eigenvalue weighted by Gasteiger charge is -1.95. The molecule has 0 aliphatic rings. The van der Waals surface area contributed by atoms with E-state index in [0.29, 0.717) is 4.47 Å². The summed E-state index contributed by atoms with van der Waals surface area (Å²) in [7, 11) is 0. The largest absolute Gasteiger partial charge is 0.225 e. The van der Waals surface area contributed by atoms with E-state index in [1.54, 1.807) is 11.3 Å². The Kier molecular flexibility index (Phi) is 2.33. The zero-order valence-electron chi connectivity index (χ0n) is 8.91. The Morgan fingerprint density at radius 2 is 1.72 bits per heavy atom. The SMILES string of the molecule is Clc1nc2ccc3sc4cccc(Cl)c4c3c2s1. The molecule has 2 aromatic carbocycles. The van der Waals surface area contributed by atoms with Crippen molar-refractivity contribution in [1.82, 2.24) is 4.98 Å². The third-order valence-corrected chi connectivity index (χ3v) is 5.57. The van der Waals surface area contributed by atoms with Crippen LogP contribution in [-0.2, 0) is 0 Å². The lowest BCUT2D eigenvalue weighted by Crippen LogP contribution is -1.70. The van der Waals surface area contributed by atoms with Crippen LogP contribution in [-0.4, -0.2) is 4.98 Å². The fourth-order valence-corrected chi connectivity index (χ4v) is 4.92. The van der Waals surface area contributed by atoms with E-state index in [1.165, 1.54) is 26.1 Å². The summed E-state index contributed by atoms with van der Waals surface area (Å²) < 4.78 is 4.13. The Bertz CT molecular complexity index is 907. The zero-order chi connectivity index (χ0) is 12.3. The molecule has 0 fully saturated rings. The Labute approximate surface area is 121 Å². The summed E-state index contributed by atoms with van der Waals surface area (Å²) in [6.45, 7) is 0. The molecule has 2 heterocycles. The van der Waals surface area contributed by atoms with Gasteiger partial charge in [-0.3, -0.25) is 0 Å². The molecular formula is C13H5Cl2NS2. The van der Waals surface area contributed by atoms with E-state index >= 15 is 0 Å². The van der Waals surface area contributed by atoms with Crippen molar-refractivity contribution in [3.05, 3.63) is 39.8 Å². The van der Waals surface area contributed by atoms with Crippen molar-refractivity contribution in [1.29, 1.82) is 0 Å². The van der Waals surface area contributed by atoms with E-state index in [4.69, 9.17) is 23.2 Å². The van der Waals surface area contributed by atoms with Crippen LogP contribution >= 0.6 is 45.9 Å². The molecule has 18 heavy (non-hydrogen) atoms. The monoisotopic (exact) mass is 309 g/mol. The van der Waals surface area contributed by atoms with Crippen LogP contribution in [0, 0.1) is 0 Å². The fourth-order valence-electron chi connectivity index (χ4n) is 2.22. The van der Waals surface area contributed by atoms with E-state index in [2.05, 4.69) is 17.1 Å². The molecule has 5 heteroatoms. The summed E-state index contributed by atoms with van der Waals surface area (Å²) in [4.78, 5) is 4.32. The molecule has 0 unspecified atom stereocenters. The van der Waals surface area contributed by atoms with E-state index in [9.17, 15) is 0 Å². The highest BCUT2D eigenvalue weighted by Crippen LogP contribution is 2.43. The summed E-state index contributed by atoms with van der Waals surface area (Å²) >= 11 is 15.6. The third kappa shape index (κ3) is 1.42. The summed E-state index contributed by atoms with van der Waals surface area (Å²) in [5.41, 5.74) is 0.942. The molecule has 0 aliphatic carbocycles. The third-order valence-electron chi connectivity index (χ3n) is 2.94. The topological polar surface area (TPSA) is 12.9 Å². The molecule has 0 radical (unpaired) electrons. The van der Waals surface area contributed by atoms with E-state index in [0.717, 1.165) is 20.6 Å². The van der Waals surface area contributed by atoms with Crippen LogP contribution in [0.3, 0.4) is 0 Å². The first-order valence-corrected chi connectivity index (χ1v) is 7.69. The highest BCUT2D eigenvalue weighted by molar-refractivity contribution is 7.28. The molecule has 0 N–H and O–H groups in total. The van der Waals surface area contributed by atoms with E-state index in [1.807, 2.05) is 18.2 Å². The molecule has 0 saturated carbocycles. The van der Waals surface area contributed by atoms with Gasteiger partial charge in [-0.2, -0.15) is 0 Å². The molecule has 0 amide bonds. The maximum atomic E-state index is 6.34. The summed E-state index contributed by atoms with van der Waals surface area (Å²) in [5, 5.41) is 3.09. The minimum absolute atomic E-state index is 0.573. The van der Waals surface area contributed by atoms with Crippen LogP contribution in [0.1, 0.15) is 0 Å². The van der Waals surface area contributed by atoms with Gasteiger partial charge in [-0.1, -0.05) is 29.3 Å². The van der Waals surface area contributed by atoms with Crippen molar-refractivity contribution in [3.63, 3.8) is 0 Å². The van der Waals surface area contributed by atoms with Gasteiger partial charge < -0.3 is 0 Å². The number of benzene rings is 2. The van der Waals surface area contributed by atoms with Crippen molar-refractivity contribution in [3.8, 4) is 0 Å². The van der Waals surface area contributed by atoms with Crippen molar-refractivity contribution in [2.45, 2.75) is 0 Å². The normalized spacial score (nSPS) is 11.9. The van der Waals surface area contributed by atoms with Crippen molar-refractivity contribution >= 4 is 76.3 Å². The second-order valence-electron chi connectivity index (χ2n) is 3.97. The smallest absolute Gasteiger partial charge is 0.184 e. The fraction of sp³-hybridized carbons (Fsp3) is 0. The number of thiophene rings is 1. The molecule has 0 atom stereocenters. The first-order valence-electron chi connectivity index (χ1n) is 5.30. The molecule has 4 rings (SSSR count). The zero-order valence-corrected chi connectivity index (χ0v) is 12.1. The van der Waals surface area contributed by atoms with Crippen LogP contribution in [0.4, 0.5) is 0 Å². The summed E-state index contributed by atoms with van der Waals surface area (Å²) in [6.07, 6.45) is 0. The first kappa shape index (κ1) is 11.0. The van der Waals surface area contributed by atoms with Crippen molar-refractivity contribution in [2.24, 2.45) is 0 Å². The number of nitrogens with zero attached hydrogens (tertiary/aromatic N) is 1. The Morgan fingerprint density at radius 1 is 0.889 bits per heavy atom. The van der Waals surface area contributed by atoms with E-state index < -0.39 is 0 Å². The lowest BCUT2D eigenvalue weighted by molar-refractivity contribution is 1.51. The highest BCUT2D eigenvalue weighted by Gasteiger charge is 2.13. The maximum absolute atomic E-state index is 6.34. The van der Waals surface area contributed by atoms with Crippen LogP contribution in [0.5, 0.6) is 0 Å². The van der Waals surface area contributed by atoms with Gasteiger partial charge in [0.25, 0.3) is 0 Å². The average Bonchev–Trinajstić information content (AvgIpc) is 2.88. The van der Waals surface area contributed by atoms with Gasteiger partial charge in [0.05, 0.1) is 10.2 Å². The molecule has 88 valence electrons. The van der Waals surface area contributed by atoms with Gasteiger partial charge in [0.1, 0.15) is 0 Å². The quantitative estimate of drug-likeness (QED) is 0.390. The molecule has 2 aromatic heterocycles. The predicted molar refractivity (Wildman–Crippen MR) is 82.5 cm³/mol. The van der Waals surface area contributed by atoms with Gasteiger partial charge in [0.2, 0.25) is 0 Å². The lowest BCUT2D eigenvalue weighted by atomic mass is 10.1. The van der Waals surface area contributed by atoms with Crippen LogP contribution in [0.25, 0.3) is 30.4 Å². The predicted octanol–water partition coefficient (Wildman–Crippen LogP) is 5.97. The maximum Gasteiger partial charge on any atom is 0.184 e. The van der Waals surface area contributed by atoms with Gasteiger partial charge in [-0.05, 0) is 24.3 Å². The Balaban J connectivity index is 2.38. The second kappa shape index (κ2) is 3.81. The Hall–Kier alpha value is -0.870. The van der Waals surface area contributed by atoms with Crippen molar-refractivity contribution < 1.29 is 0 Å². The van der Waals surface area contributed by atoms with Gasteiger partial charge in [0.15, 0.2) is 4.47 Å². The molecular weight excluding hydrogens is 305 g/mol. The number of hydrogen-bond donors (Lipinski definition) is 0. The van der Waals surface area contributed by atoms with Gasteiger partial charge >= 0.3 is 0 Å². The van der Waals surface area contributed by atoms with Gasteiger partial charge in [0, 0.05) is 25.2 Å². The minimum Gasteiger partial charge on any atom is -0.225 e. The number of thiazole rings is 1. The standard InChI is InChI=1S/C13H5Cl2NS2/c14-6-2-1-3-8-10(6)11-9(17-8)5-4-7-12(11)18-13(15)16-7/h1-5H. The summed E-state index contributed by atoms with van der Waals surface area (Å²) in [6, 6.07) is 10.1. The van der Waals surface area contributed by atoms with Crippen LogP contribution in [0.2, 0.25) is 9.49 Å². The number of fused-ring (bicyclic) bond motifs is 5. The number of aromatic nitrogens is 1.